The van der Waals surface area contributed by atoms with Crippen LogP contribution in [0.1, 0.15) is 36.5 Å². The number of carboxylic acids is 1. The number of ether oxygens (including phenoxy) is 1. The van der Waals surface area contributed by atoms with Gasteiger partial charge < -0.3 is 20.5 Å². The Kier molecular flexibility index (Phi) is 8.99. The van der Waals surface area contributed by atoms with Crippen LogP contribution >= 0.6 is 0 Å². The van der Waals surface area contributed by atoms with Crippen molar-refractivity contribution >= 4 is 18.0 Å². The number of aliphatic carboxylic acids is 1. The smallest absolute Gasteiger partial charge is 0.407 e. The van der Waals surface area contributed by atoms with Gasteiger partial charge in [-0.2, -0.15) is 0 Å². The average molecular weight is 530 g/mol. The predicted octanol–water partition coefficient (Wildman–Crippen LogP) is 4.25. The first-order valence-corrected chi connectivity index (χ1v) is 13.1. The molecule has 3 N–H and O–H groups in total. The first-order valence-electron chi connectivity index (χ1n) is 13.1. The second-order valence-electron chi connectivity index (χ2n) is 10.3. The van der Waals surface area contributed by atoms with Crippen LogP contribution in [0.4, 0.5) is 4.79 Å². The van der Waals surface area contributed by atoms with Gasteiger partial charge in [0.1, 0.15) is 18.7 Å². The highest BCUT2D eigenvalue weighted by atomic mass is 16.5. The van der Waals surface area contributed by atoms with E-state index in [9.17, 15) is 19.5 Å². The SMILES string of the molecule is CC(C)C(NC(=O)OCC1c2ccccc2-c2ccccc21)C(=O)NC(CN(C)Cc1ccccc1)C(=O)O. The Morgan fingerprint density at radius 2 is 1.44 bits per heavy atom. The molecule has 8 nitrogen and oxygen atoms in total. The van der Waals surface area contributed by atoms with Gasteiger partial charge in [-0.1, -0.05) is 92.7 Å². The number of carbonyl (C=O) groups excluding carboxylic acids is 2. The summed E-state index contributed by atoms with van der Waals surface area (Å²) >= 11 is 0. The molecule has 0 bridgehead atoms. The number of nitrogens with one attached hydrogen (secondary N) is 2. The largest absolute Gasteiger partial charge is 0.480 e. The van der Waals surface area contributed by atoms with E-state index in [2.05, 4.69) is 22.8 Å². The second-order valence-corrected chi connectivity index (χ2v) is 10.3. The van der Waals surface area contributed by atoms with E-state index in [1.165, 1.54) is 0 Å². The van der Waals surface area contributed by atoms with Crippen LogP contribution in [0.25, 0.3) is 11.1 Å². The van der Waals surface area contributed by atoms with Crippen molar-refractivity contribution in [2.45, 2.75) is 38.4 Å². The minimum absolute atomic E-state index is 0.103. The van der Waals surface area contributed by atoms with Crippen molar-refractivity contribution in [2.24, 2.45) is 5.92 Å². The van der Waals surface area contributed by atoms with Gasteiger partial charge in [-0.3, -0.25) is 9.69 Å². The third-order valence-corrected chi connectivity index (χ3v) is 6.97. The summed E-state index contributed by atoms with van der Waals surface area (Å²) < 4.78 is 5.60. The number of nitrogens with zero attached hydrogens (tertiary/aromatic N) is 1. The molecule has 3 aromatic carbocycles. The van der Waals surface area contributed by atoms with Crippen molar-refractivity contribution in [3.8, 4) is 11.1 Å². The first-order chi connectivity index (χ1) is 18.7. The van der Waals surface area contributed by atoms with E-state index in [4.69, 9.17) is 4.74 Å². The summed E-state index contributed by atoms with van der Waals surface area (Å²) in [6.45, 7) is 4.32. The molecule has 1 aliphatic carbocycles. The van der Waals surface area contributed by atoms with E-state index in [-0.39, 0.29) is 25.0 Å². The van der Waals surface area contributed by atoms with Gasteiger partial charge in [0.15, 0.2) is 0 Å². The average Bonchev–Trinajstić information content (AvgIpc) is 3.24. The molecule has 0 heterocycles. The lowest BCUT2D eigenvalue weighted by Gasteiger charge is -2.26. The molecule has 0 saturated carbocycles. The minimum atomic E-state index is -1.15. The lowest BCUT2D eigenvalue weighted by Crippen LogP contribution is -2.56. The summed E-state index contributed by atoms with van der Waals surface area (Å²) in [5.41, 5.74) is 5.46. The molecule has 3 aromatic rings. The number of hydrogen-bond donors (Lipinski definition) is 3. The van der Waals surface area contributed by atoms with E-state index < -0.39 is 30.1 Å². The van der Waals surface area contributed by atoms with Gasteiger partial charge in [0.25, 0.3) is 0 Å². The topological polar surface area (TPSA) is 108 Å². The zero-order chi connectivity index (χ0) is 27.9. The molecule has 0 fully saturated rings. The van der Waals surface area contributed by atoms with Gasteiger partial charge in [-0.25, -0.2) is 9.59 Å². The number of carboxylic acid groups (broad SMARTS) is 1. The van der Waals surface area contributed by atoms with Crippen LogP contribution in [0, 0.1) is 5.92 Å². The summed E-state index contributed by atoms with van der Waals surface area (Å²) in [4.78, 5) is 39.7. The lowest BCUT2D eigenvalue weighted by atomic mass is 9.98. The molecule has 8 heteroatoms. The molecule has 0 aliphatic heterocycles. The summed E-state index contributed by atoms with van der Waals surface area (Å²) in [5, 5.41) is 15.0. The number of likely N-dealkylation sites (N-methyl/N-ethyl adjacent to an activating group) is 1. The minimum Gasteiger partial charge on any atom is -0.480 e. The standard InChI is InChI=1S/C31H35N3O5/c1-20(2)28(29(35)32-27(30(36)37)18-34(3)17-21-11-5-4-6-12-21)33-31(38)39-19-26-24-15-9-7-13-22(24)23-14-8-10-16-25(23)26/h4-16,20,26-28H,17-19H2,1-3H3,(H,32,35)(H,33,38)(H,36,37). The molecule has 39 heavy (non-hydrogen) atoms. The maximum atomic E-state index is 13.1. The summed E-state index contributed by atoms with van der Waals surface area (Å²) in [5.74, 6) is -2.11. The van der Waals surface area contributed by atoms with Gasteiger partial charge in [-0.05, 0) is 40.8 Å². The van der Waals surface area contributed by atoms with Crippen molar-refractivity contribution in [3.05, 3.63) is 95.6 Å². The zero-order valence-electron chi connectivity index (χ0n) is 22.5. The lowest BCUT2D eigenvalue weighted by molar-refractivity contribution is -0.142. The first kappa shape index (κ1) is 27.9. The summed E-state index contributed by atoms with van der Waals surface area (Å²) in [7, 11) is 1.80. The Morgan fingerprint density at radius 3 is 2.00 bits per heavy atom. The monoisotopic (exact) mass is 529 g/mol. The number of benzene rings is 3. The number of amides is 2. The maximum Gasteiger partial charge on any atom is 0.407 e. The molecule has 204 valence electrons. The number of rotatable bonds is 11. The number of hydrogen-bond acceptors (Lipinski definition) is 5. The fourth-order valence-electron chi connectivity index (χ4n) is 5.02. The van der Waals surface area contributed by atoms with E-state index in [1.807, 2.05) is 71.6 Å². The van der Waals surface area contributed by atoms with Crippen LogP contribution in [0.2, 0.25) is 0 Å². The molecule has 0 spiro atoms. The Hall–Kier alpha value is -4.17. The number of fused-ring (bicyclic) bond motifs is 3. The van der Waals surface area contributed by atoms with Crippen molar-refractivity contribution in [1.29, 1.82) is 0 Å². The molecule has 1 aliphatic rings. The second kappa shape index (κ2) is 12.6. The highest BCUT2D eigenvalue weighted by molar-refractivity contribution is 5.89. The predicted molar refractivity (Wildman–Crippen MR) is 149 cm³/mol. The molecule has 2 atom stereocenters. The van der Waals surface area contributed by atoms with Crippen molar-refractivity contribution in [2.75, 3.05) is 20.2 Å². The van der Waals surface area contributed by atoms with Crippen LogP contribution in [0.5, 0.6) is 0 Å². The Bertz CT molecular complexity index is 1260. The van der Waals surface area contributed by atoms with Crippen LogP contribution in [-0.2, 0) is 20.9 Å². The highest BCUT2D eigenvalue weighted by Crippen LogP contribution is 2.44. The number of carbonyl (C=O) groups is 3. The maximum absolute atomic E-state index is 13.1. The molecule has 0 aromatic heterocycles. The van der Waals surface area contributed by atoms with E-state index in [0.717, 1.165) is 27.8 Å². The van der Waals surface area contributed by atoms with Crippen molar-refractivity contribution < 1.29 is 24.2 Å². The fourth-order valence-corrected chi connectivity index (χ4v) is 5.02. The van der Waals surface area contributed by atoms with Crippen LogP contribution < -0.4 is 10.6 Å². The van der Waals surface area contributed by atoms with Crippen LogP contribution in [0.3, 0.4) is 0 Å². The summed E-state index contributed by atoms with van der Waals surface area (Å²) in [6.07, 6.45) is -0.723. The third kappa shape index (κ3) is 6.83. The van der Waals surface area contributed by atoms with Gasteiger partial charge in [0.05, 0.1) is 0 Å². The van der Waals surface area contributed by atoms with Gasteiger partial charge in [0, 0.05) is 19.0 Å². The summed E-state index contributed by atoms with van der Waals surface area (Å²) in [6, 6.07) is 23.7. The third-order valence-electron chi connectivity index (χ3n) is 6.97. The Balaban J connectivity index is 1.36. The molecular weight excluding hydrogens is 494 g/mol. The Labute approximate surface area is 229 Å². The highest BCUT2D eigenvalue weighted by Gasteiger charge is 2.32. The molecule has 0 saturated heterocycles. The molecule has 4 rings (SSSR count). The quantitative estimate of drug-likeness (QED) is 0.343. The van der Waals surface area contributed by atoms with Crippen molar-refractivity contribution in [1.82, 2.24) is 15.5 Å². The van der Waals surface area contributed by atoms with E-state index >= 15 is 0 Å². The van der Waals surface area contributed by atoms with E-state index in [0.29, 0.717) is 6.54 Å². The number of alkyl carbamates (subject to hydrolysis) is 1. The van der Waals surface area contributed by atoms with Crippen LogP contribution in [-0.4, -0.2) is 60.3 Å². The van der Waals surface area contributed by atoms with Crippen molar-refractivity contribution in [3.63, 3.8) is 0 Å². The van der Waals surface area contributed by atoms with Gasteiger partial charge in [0.2, 0.25) is 5.91 Å². The molecule has 2 amide bonds. The zero-order valence-corrected chi connectivity index (χ0v) is 22.5. The molecule has 0 radical (unpaired) electrons. The van der Waals surface area contributed by atoms with E-state index in [1.54, 1.807) is 20.9 Å². The fraction of sp³-hybridized carbons (Fsp3) is 0.323. The molecular formula is C31H35N3O5. The van der Waals surface area contributed by atoms with Crippen LogP contribution in [0.15, 0.2) is 78.9 Å². The van der Waals surface area contributed by atoms with Gasteiger partial charge >= 0.3 is 12.1 Å². The Morgan fingerprint density at radius 1 is 0.872 bits per heavy atom. The van der Waals surface area contributed by atoms with Gasteiger partial charge in [-0.15, -0.1) is 0 Å². The molecule has 2 unspecified atom stereocenters. The normalized spacial score (nSPS) is 13.9.